The molecule has 0 aliphatic heterocycles. The van der Waals surface area contributed by atoms with E-state index in [0.29, 0.717) is 10.6 Å². The molecule has 0 atom stereocenters. The molecule has 1 aromatic carbocycles. The van der Waals surface area contributed by atoms with Crippen LogP contribution in [0.5, 0.6) is 0 Å². The van der Waals surface area contributed by atoms with Gasteiger partial charge in [-0.2, -0.15) is 0 Å². The van der Waals surface area contributed by atoms with Crippen molar-refractivity contribution in [2.45, 2.75) is 6.92 Å². The highest BCUT2D eigenvalue weighted by atomic mass is 35.5. The van der Waals surface area contributed by atoms with Crippen molar-refractivity contribution in [3.05, 3.63) is 32.8 Å². The number of sulfone groups is 1. The van der Waals surface area contributed by atoms with Gasteiger partial charge in [-0.25, -0.2) is 8.42 Å². The van der Waals surface area contributed by atoms with E-state index in [1.165, 1.54) is 12.1 Å². The summed E-state index contributed by atoms with van der Waals surface area (Å²) in [6.45, 7) is 1.74. The molecule has 18 heavy (non-hydrogen) atoms. The zero-order valence-corrected chi connectivity index (χ0v) is 11.5. The first-order chi connectivity index (χ1) is 8.22. The van der Waals surface area contributed by atoms with Crippen molar-refractivity contribution in [3.8, 4) is 0 Å². The number of nitro benzene ring substituents is 1. The van der Waals surface area contributed by atoms with Crippen molar-refractivity contribution in [1.82, 2.24) is 0 Å². The first-order valence-electron chi connectivity index (χ1n) is 5.07. The van der Waals surface area contributed by atoms with Gasteiger partial charge in [0, 0.05) is 23.9 Å². The van der Waals surface area contributed by atoms with E-state index in [-0.39, 0.29) is 23.7 Å². The Balaban J connectivity index is 2.99. The molecule has 0 heterocycles. The standard InChI is InChI=1S/C10H13ClN2O4S/c1-7-8(11)3-4-9(13(14)15)10(7)12-5-6-18(2,16)17/h3-4,12H,5-6H2,1-2H3. The summed E-state index contributed by atoms with van der Waals surface area (Å²) < 4.78 is 22.0. The predicted octanol–water partition coefficient (Wildman–Crippen LogP) is 2.01. The van der Waals surface area contributed by atoms with Crippen LogP contribution in [-0.2, 0) is 9.84 Å². The molecule has 1 N–H and O–H groups in total. The van der Waals surface area contributed by atoms with E-state index >= 15 is 0 Å². The lowest BCUT2D eigenvalue weighted by atomic mass is 10.1. The van der Waals surface area contributed by atoms with Crippen LogP contribution in [0.2, 0.25) is 5.02 Å². The molecule has 8 heteroatoms. The van der Waals surface area contributed by atoms with Gasteiger partial charge in [0.2, 0.25) is 0 Å². The summed E-state index contributed by atoms with van der Waals surface area (Å²) in [7, 11) is -3.12. The fraction of sp³-hybridized carbons (Fsp3) is 0.400. The van der Waals surface area contributed by atoms with Gasteiger partial charge in [-0.3, -0.25) is 10.1 Å². The average Bonchev–Trinajstić information content (AvgIpc) is 2.22. The normalized spacial score (nSPS) is 11.3. The molecule has 0 aromatic heterocycles. The van der Waals surface area contributed by atoms with E-state index < -0.39 is 14.8 Å². The van der Waals surface area contributed by atoms with Gasteiger partial charge in [0.15, 0.2) is 0 Å². The molecular weight excluding hydrogens is 280 g/mol. The molecule has 0 saturated heterocycles. The maximum atomic E-state index is 11.0. The van der Waals surface area contributed by atoms with Crippen molar-refractivity contribution >= 4 is 32.8 Å². The highest BCUT2D eigenvalue weighted by molar-refractivity contribution is 7.90. The number of anilines is 1. The van der Waals surface area contributed by atoms with Crippen LogP contribution in [0.3, 0.4) is 0 Å². The Morgan fingerprint density at radius 2 is 2.06 bits per heavy atom. The molecule has 0 unspecified atom stereocenters. The summed E-state index contributed by atoms with van der Waals surface area (Å²) in [5.41, 5.74) is 0.668. The maximum absolute atomic E-state index is 11.0. The van der Waals surface area contributed by atoms with Gasteiger partial charge in [-0.05, 0) is 18.6 Å². The molecule has 1 aromatic rings. The Kier molecular flexibility index (Phi) is 4.53. The van der Waals surface area contributed by atoms with Crippen LogP contribution in [0.25, 0.3) is 0 Å². The SMILES string of the molecule is Cc1c(Cl)ccc([N+](=O)[O-])c1NCCS(C)(=O)=O. The van der Waals surface area contributed by atoms with Gasteiger partial charge in [0.1, 0.15) is 15.5 Å². The van der Waals surface area contributed by atoms with E-state index in [0.717, 1.165) is 6.26 Å². The Labute approximate surface area is 110 Å². The Hall–Kier alpha value is -1.34. The van der Waals surface area contributed by atoms with Crippen LogP contribution in [0.1, 0.15) is 5.56 Å². The minimum atomic E-state index is -3.12. The van der Waals surface area contributed by atoms with Crippen LogP contribution in [0.4, 0.5) is 11.4 Å². The maximum Gasteiger partial charge on any atom is 0.292 e. The highest BCUT2D eigenvalue weighted by Gasteiger charge is 2.17. The van der Waals surface area contributed by atoms with Crippen molar-refractivity contribution in [2.24, 2.45) is 0 Å². The van der Waals surface area contributed by atoms with E-state index in [9.17, 15) is 18.5 Å². The monoisotopic (exact) mass is 292 g/mol. The van der Waals surface area contributed by atoms with Gasteiger partial charge in [-0.15, -0.1) is 0 Å². The smallest absolute Gasteiger partial charge is 0.292 e. The third kappa shape index (κ3) is 3.85. The summed E-state index contributed by atoms with van der Waals surface area (Å²) in [6.07, 6.45) is 1.11. The second-order valence-corrected chi connectivity index (χ2v) is 6.55. The fourth-order valence-electron chi connectivity index (χ4n) is 1.41. The summed E-state index contributed by atoms with van der Waals surface area (Å²) >= 11 is 5.88. The molecule has 6 nitrogen and oxygen atoms in total. The number of nitrogens with zero attached hydrogens (tertiary/aromatic N) is 1. The summed E-state index contributed by atoms with van der Waals surface area (Å²) in [5.74, 6) is -0.101. The van der Waals surface area contributed by atoms with Gasteiger partial charge >= 0.3 is 0 Å². The predicted molar refractivity (Wildman–Crippen MR) is 71.0 cm³/mol. The number of nitrogens with one attached hydrogen (secondary N) is 1. The number of nitro groups is 1. The lowest BCUT2D eigenvalue weighted by Crippen LogP contribution is -2.15. The lowest BCUT2D eigenvalue weighted by Gasteiger charge is -2.10. The molecule has 100 valence electrons. The topological polar surface area (TPSA) is 89.3 Å². The van der Waals surface area contributed by atoms with Crippen LogP contribution in [0.15, 0.2) is 12.1 Å². The Morgan fingerprint density at radius 1 is 1.44 bits per heavy atom. The van der Waals surface area contributed by atoms with Crippen molar-refractivity contribution < 1.29 is 13.3 Å². The van der Waals surface area contributed by atoms with Crippen molar-refractivity contribution in [3.63, 3.8) is 0 Å². The largest absolute Gasteiger partial charge is 0.378 e. The van der Waals surface area contributed by atoms with E-state index in [2.05, 4.69) is 5.32 Å². The number of hydrogen-bond acceptors (Lipinski definition) is 5. The molecule has 0 fully saturated rings. The summed E-state index contributed by atoms with van der Waals surface area (Å²) in [6, 6.07) is 2.73. The quantitative estimate of drug-likeness (QED) is 0.662. The van der Waals surface area contributed by atoms with Gasteiger partial charge in [0.25, 0.3) is 5.69 Å². The zero-order valence-electron chi connectivity index (χ0n) is 9.94. The Bertz CT molecular complexity index is 571. The summed E-state index contributed by atoms with van der Waals surface area (Å²) in [5, 5.41) is 14.0. The second kappa shape index (κ2) is 5.53. The van der Waals surface area contributed by atoms with Gasteiger partial charge in [0.05, 0.1) is 10.7 Å². The number of hydrogen-bond donors (Lipinski definition) is 1. The molecule has 0 saturated carbocycles. The zero-order chi connectivity index (χ0) is 13.9. The Morgan fingerprint density at radius 3 is 2.56 bits per heavy atom. The third-order valence-electron chi connectivity index (χ3n) is 2.35. The van der Waals surface area contributed by atoms with Crippen LogP contribution >= 0.6 is 11.6 Å². The molecule has 0 radical (unpaired) electrons. The third-order valence-corrected chi connectivity index (χ3v) is 3.70. The lowest BCUT2D eigenvalue weighted by molar-refractivity contribution is -0.384. The number of benzene rings is 1. The average molecular weight is 293 g/mol. The van der Waals surface area contributed by atoms with Crippen LogP contribution in [0, 0.1) is 17.0 Å². The molecule has 0 spiro atoms. The van der Waals surface area contributed by atoms with E-state index in [1.807, 2.05) is 0 Å². The number of halogens is 1. The van der Waals surface area contributed by atoms with Gasteiger partial charge in [-0.1, -0.05) is 11.6 Å². The van der Waals surface area contributed by atoms with E-state index in [4.69, 9.17) is 11.6 Å². The second-order valence-electron chi connectivity index (χ2n) is 3.88. The minimum Gasteiger partial charge on any atom is -0.378 e. The van der Waals surface area contributed by atoms with E-state index in [1.54, 1.807) is 6.92 Å². The van der Waals surface area contributed by atoms with Crippen molar-refractivity contribution in [2.75, 3.05) is 23.9 Å². The molecular formula is C10H13ClN2O4S. The van der Waals surface area contributed by atoms with Crippen LogP contribution < -0.4 is 5.32 Å². The molecule has 0 aliphatic carbocycles. The van der Waals surface area contributed by atoms with Crippen LogP contribution in [-0.4, -0.2) is 31.9 Å². The van der Waals surface area contributed by atoms with Crippen molar-refractivity contribution in [1.29, 1.82) is 0 Å². The molecule has 1 rings (SSSR count). The molecule has 0 aliphatic rings. The first-order valence-corrected chi connectivity index (χ1v) is 7.51. The number of rotatable bonds is 5. The first kappa shape index (κ1) is 14.7. The highest BCUT2D eigenvalue weighted by Crippen LogP contribution is 2.32. The minimum absolute atomic E-state index is 0.0981. The fourth-order valence-corrected chi connectivity index (χ4v) is 2.04. The summed E-state index contributed by atoms with van der Waals surface area (Å²) in [4.78, 5) is 10.3. The molecule has 0 amide bonds. The molecule has 0 bridgehead atoms. The van der Waals surface area contributed by atoms with Gasteiger partial charge < -0.3 is 5.32 Å².